The zero-order chi connectivity index (χ0) is 32.6. The van der Waals surface area contributed by atoms with Gasteiger partial charge in [0.2, 0.25) is 0 Å². The van der Waals surface area contributed by atoms with Crippen LogP contribution in [0.4, 0.5) is 0 Å². The van der Waals surface area contributed by atoms with Gasteiger partial charge >= 0.3 is 5.97 Å². The third kappa shape index (κ3) is 24.5. The summed E-state index contributed by atoms with van der Waals surface area (Å²) >= 11 is 0. The predicted molar refractivity (Wildman–Crippen MR) is 196 cm³/mol. The van der Waals surface area contributed by atoms with Gasteiger partial charge in [0.1, 0.15) is 6.10 Å². The SMILES string of the molecule is CCCCC/C=C\CCCC(CCC/C=C\CCCCC)C(CCC/C=C\CCCCC)OC(=O)CCCCN1CC(CO)C1. The Hall–Kier alpha value is -1.39. The Morgan fingerprint density at radius 2 is 1.09 bits per heavy atom. The molecule has 1 atom stereocenters. The van der Waals surface area contributed by atoms with Crippen LogP contribution in [-0.2, 0) is 9.53 Å². The molecule has 0 aromatic carbocycles. The zero-order valence-corrected chi connectivity index (χ0v) is 30.2. The maximum atomic E-state index is 13.1. The van der Waals surface area contributed by atoms with Gasteiger partial charge in [-0.2, -0.15) is 0 Å². The van der Waals surface area contributed by atoms with E-state index < -0.39 is 0 Å². The summed E-state index contributed by atoms with van der Waals surface area (Å²) in [5.74, 6) is 0.900. The molecule has 1 aliphatic heterocycles. The molecular formula is C41H75NO3. The Morgan fingerprint density at radius 1 is 0.644 bits per heavy atom. The molecule has 4 heteroatoms. The van der Waals surface area contributed by atoms with E-state index in [2.05, 4.69) is 62.1 Å². The van der Waals surface area contributed by atoms with Crippen LogP contribution in [0.3, 0.4) is 0 Å². The van der Waals surface area contributed by atoms with E-state index in [1.807, 2.05) is 0 Å². The van der Waals surface area contributed by atoms with E-state index in [9.17, 15) is 9.90 Å². The van der Waals surface area contributed by atoms with Crippen LogP contribution in [0.25, 0.3) is 0 Å². The van der Waals surface area contributed by atoms with Crippen molar-refractivity contribution in [2.75, 3.05) is 26.2 Å². The average molecular weight is 630 g/mol. The average Bonchev–Trinajstić information content (AvgIpc) is 3.02. The summed E-state index contributed by atoms with van der Waals surface area (Å²) in [7, 11) is 0. The molecule has 1 heterocycles. The topological polar surface area (TPSA) is 49.8 Å². The van der Waals surface area contributed by atoms with Crippen molar-refractivity contribution in [1.29, 1.82) is 0 Å². The minimum absolute atomic E-state index is 0.00333. The van der Waals surface area contributed by atoms with Crippen LogP contribution in [0.5, 0.6) is 0 Å². The number of aliphatic hydroxyl groups is 1. The number of carbonyl (C=O) groups excluding carboxylic acids is 1. The van der Waals surface area contributed by atoms with Crippen LogP contribution < -0.4 is 0 Å². The third-order valence-electron chi connectivity index (χ3n) is 9.38. The minimum Gasteiger partial charge on any atom is -0.462 e. The van der Waals surface area contributed by atoms with Crippen molar-refractivity contribution in [3.8, 4) is 0 Å². The van der Waals surface area contributed by atoms with Gasteiger partial charge < -0.3 is 14.7 Å². The number of allylic oxidation sites excluding steroid dienone is 6. The van der Waals surface area contributed by atoms with Crippen LogP contribution in [-0.4, -0.2) is 48.3 Å². The Kier molecular flexibility index (Phi) is 28.9. The van der Waals surface area contributed by atoms with Crippen molar-refractivity contribution in [3.05, 3.63) is 36.5 Å². The van der Waals surface area contributed by atoms with Crippen molar-refractivity contribution >= 4 is 5.97 Å². The lowest BCUT2D eigenvalue weighted by molar-refractivity contribution is -0.153. The van der Waals surface area contributed by atoms with E-state index in [-0.39, 0.29) is 12.1 Å². The lowest BCUT2D eigenvalue weighted by Gasteiger charge is -2.38. The molecule has 0 amide bonds. The van der Waals surface area contributed by atoms with Gasteiger partial charge in [0.25, 0.3) is 0 Å². The molecule has 1 unspecified atom stereocenters. The van der Waals surface area contributed by atoms with Crippen molar-refractivity contribution < 1.29 is 14.6 Å². The zero-order valence-electron chi connectivity index (χ0n) is 30.2. The van der Waals surface area contributed by atoms with Crippen molar-refractivity contribution in [2.24, 2.45) is 11.8 Å². The fourth-order valence-corrected chi connectivity index (χ4v) is 6.39. The summed E-state index contributed by atoms with van der Waals surface area (Å²) in [4.78, 5) is 15.5. The van der Waals surface area contributed by atoms with Crippen LogP contribution in [0.1, 0.15) is 175 Å². The van der Waals surface area contributed by atoms with E-state index in [1.165, 1.54) is 89.9 Å². The smallest absolute Gasteiger partial charge is 0.306 e. The molecular weight excluding hydrogens is 554 g/mol. The minimum atomic E-state index is 0.00333. The summed E-state index contributed by atoms with van der Waals surface area (Å²) in [5, 5.41) is 9.25. The van der Waals surface area contributed by atoms with E-state index in [0.29, 0.717) is 24.9 Å². The highest BCUT2D eigenvalue weighted by atomic mass is 16.5. The normalized spacial score (nSPS) is 15.2. The van der Waals surface area contributed by atoms with Crippen LogP contribution >= 0.6 is 0 Å². The molecule has 0 aromatic rings. The van der Waals surface area contributed by atoms with E-state index >= 15 is 0 Å². The highest BCUT2D eigenvalue weighted by Crippen LogP contribution is 2.27. The molecule has 0 radical (unpaired) electrons. The monoisotopic (exact) mass is 630 g/mol. The molecule has 1 aliphatic rings. The number of ether oxygens (including phenoxy) is 1. The number of rotatable bonds is 32. The van der Waals surface area contributed by atoms with Gasteiger partial charge in [-0.05, 0) is 122 Å². The Balaban J connectivity index is 2.69. The second-order valence-electron chi connectivity index (χ2n) is 13.7. The fraction of sp³-hybridized carbons (Fsp3) is 0.829. The number of unbranched alkanes of at least 4 members (excludes halogenated alkanes) is 13. The summed E-state index contributed by atoms with van der Waals surface area (Å²) < 4.78 is 6.35. The highest BCUT2D eigenvalue weighted by molar-refractivity contribution is 5.69. The van der Waals surface area contributed by atoms with Crippen molar-refractivity contribution in [2.45, 2.75) is 181 Å². The summed E-state index contributed by atoms with van der Waals surface area (Å²) in [6, 6.07) is 0. The summed E-state index contributed by atoms with van der Waals surface area (Å²) in [6.07, 6.45) is 42.0. The summed E-state index contributed by atoms with van der Waals surface area (Å²) in [6.45, 7) is 10.1. The number of esters is 1. The molecule has 0 saturated carbocycles. The summed E-state index contributed by atoms with van der Waals surface area (Å²) in [5.41, 5.74) is 0. The predicted octanol–water partition coefficient (Wildman–Crippen LogP) is 11.5. The number of nitrogens with zero attached hydrogens (tertiary/aromatic N) is 1. The molecule has 1 fully saturated rings. The van der Waals surface area contributed by atoms with Gasteiger partial charge in [0.05, 0.1) is 0 Å². The number of hydrogen-bond acceptors (Lipinski definition) is 4. The van der Waals surface area contributed by atoms with Crippen molar-refractivity contribution in [1.82, 2.24) is 4.90 Å². The molecule has 0 aliphatic carbocycles. The Bertz CT molecular complexity index is 713. The molecule has 45 heavy (non-hydrogen) atoms. The first-order chi connectivity index (χ1) is 22.1. The molecule has 1 rings (SSSR count). The standard InChI is InChI=1S/C41H75NO3/c1-4-7-10-13-16-19-22-25-30-39(31-26-23-20-17-14-11-8-5-2)40(32-27-24-21-18-15-12-9-6-3)45-41(44)33-28-29-34-42-35-38(36-42)37-43/h16-21,38-40,43H,4-15,22-37H2,1-3H3/b19-16-,20-17-,21-18-. The second kappa shape index (κ2) is 31.2. The highest BCUT2D eigenvalue weighted by Gasteiger charge is 2.26. The first-order valence-electron chi connectivity index (χ1n) is 19.6. The number of carbonyl (C=O) groups is 1. The second-order valence-corrected chi connectivity index (χ2v) is 13.7. The van der Waals surface area contributed by atoms with E-state index in [0.717, 1.165) is 77.4 Å². The largest absolute Gasteiger partial charge is 0.462 e. The lowest BCUT2D eigenvalue weighted by Crippen LogP contribution is -2.48. The Labute approximate surface area is 280 Å². The Morgan fingerprint density at radius 3 is 1.53 bits per heavy atom. The number of hydrogen-bond donors (Lipinski definition) is 1. The molecule has 0 bridgehead atoms. The first kappa shape index (κ1) is 41.6. The molecule has 4 nitrogen and oxygen atoms in total. The van der Waals surface area contributed by atoms with Gasteiger partial charge in [0.15, 0.2) is 0 Å². The van der Waals surface area contributed by atoms with Gasteiger partial charge in [-0.15, -0.1) is 0 Å². The van der Waals surface area contributed by atoms with E-state index in [4.69, 9.17) is 4.74 Å². The fourth-order valence-electron chi connectivity index (χ4n) is 6.39. The van der Waals surface area contributed by atoms with Crippen molar-refractivity contribution in [3.63, 3.8) is 0 Å². The van der Waals surface area contributed by atoms with Gasteiger partial charge in [-0.3, -0.25) is 4.79 Å². The lowest BCUT2D eigenvalue weighted by atomic mass is 9.87. The van der Waals surface area contributed by atoms with Gasteiger partial charge in [-0.25, -0.2) is 0 Å². The van der Waals surface area contributed by atoms with E-state index in [1.54, 1.807) is 0 Å². The molecule has 1 saturated heterocycles. The molecule has 0 spiro atoms. The number of likely N-dealkylation sites (tertiary alicyclic amines) is 1. The van der Waals surface area contributed by atoms with Crippen LogP contribution in [0, 0.1) is 11.8 Å². The van der Waals surface area contributed by atoms with Gasteiger partial charge in [0, 0.05) is 32.0 Å². The maximum Gasteiger partial charge on any atom is 0.306 e. The van der Waals surface area contributed by atoms with Crippen LogP contribution in [0.2, 0.25) is 0 Å². The quantitative estimate of drug-likeness (QED) is 0.0457. The van der Waals surface area contributed by atoms with Crippen LogP contribution in [0.15, 0.2) is 36.5 Å². The molecule has 1 N–H and O–H groups in total. The van der Waals surface area contributed by atoms with Gasteiger partial charge in [-0.1, -0.05) is 95.8 Å². The number of aliphatic hydroxyl groups excluding tert-OH is 1. The molecule has 262 valence electrons. The molecule has 0 aromatic heterocycles. The third-order valence-corrected chi connectivity index (χ3v) is 9.38. The first-order valence-corrected chi connectivity index (χ1v) is 19.6. The maximum absolute atomic E-state index is 13.1.